The molecule has 0 radical (unpaired) electrons. The molecule has 0 aromatic heterocycles. The van der Waals surface area contributed by atoms with Crippen LogP contribution in [0.15, 0.2) is 53.0 Å². The lowest BCUT2D eigenvalue weighted by Crippen LogP contribution is -2.28. The number of amides is 2. The Bertz CT molecular complexity index is 575. The number of hydrogen-bond acceptors (Lipinski definition) is 1. The molecule has 0 unspecified atom stereocenters. The number of nitrogens with one attached hydrogen (secondary N) is 2. The minimum atomic E-state index is -0.258. The van der Waals surface area contributed by atoms with E-state index in [1.54, 1.807) is 18.2 Å². The van der Waals surface area contributed by atoms with E-state index >= 15 is 0 Å². The summed E-state index contributed by atoms with van der Waals surface area (Å²) in [6, 6.07) is 14.7. The predicted molar refractivity (Wildman–Crippen MR) is 81.5 cm³/mol. The fraction of sp³-hybridized carbons (Fsp3) is 0.0714. The molecule has 0 saturated carbocycles. The molecule has 19 heavy (non-hydrogen) atoms. The maximum Gasteiger partial charge on any atom is 0.319 e. The molecule has 2 aromatic carbocycles. The lowest BCUT2D eigenvalue weighted by Gasteiger charge is -2.09. The van der Waals surface area contributed by atoms with Crippen molar-refractivity contribution in [3.63, 3.8) is 0 Å². The van der Waals surface area contributed by atoms with Crippen molar-refractivity contribution >= 4 is 39.2 Å². The van der Waals surface area contributed by atoms with Gasteiger partial charge in [-0.3, -0.25) is 0 Å². The fourth-order valence-electron chi connectivity index (χ4n) is 1.54. The summed E-state index contributed by atoms with van der Waals surface area (Å²) < 4.78 is 0.745. The van der Waals surface area contributed by atoms with E-state index in [4.69, 9.17) is 11.6 Å². The van der Waals surface area contributed by atoms with Crippen LogP contribution in [-0.4, -0.2) is 6.03 Å². The average Bonchev–Trinajstić information content (AvgIpc) is 2.41. The number of carbonyl (C=O) groups is 1. The van der Waals surface area contributed by atoms with Crippen LogP contribution in [0.2, 0.25) is 5.02 Å². The van der Waals surface area contributed by atoms with Gasteiger partial charge in [-0.25, -0.2) is 4.79 Å². The van der Waals surface area contributed by atoms with Crippen LogP contribution < -0.4 is 10.6 Å². The monoisotopic (exact) mass is 338 g/mol. The molecule has 0 bridgehead atoms. The third kappa shape index (κ3) is 4.26. The molecule has 0 aliphatic rings. The van der Waals surface area contributed by atoms with Gasteiger partial charge in [0.25, 0.3) is 0 Å². The Morgan fingerprint density at radius 2 is 1.89 bits per heavy atom. The molecule has 0 heterocycles. The molecule has 2 rings (SSSR count). The molecule has 0 aliphatic heterocycles. The van der Waals surface area contributed by atoms with Gasteiger partial charge in [0.1, 0.15) is 0 Å². The Hall–Kier alpha value is -1.52. The van der Waals surface area contributed by atoms with Gasteiger partial charge in [0.15, 0.2) is 0 Å². The van der Waals surface area contributed by atoms with Crippen molar-refractivity contribution in [1.82, 2.24) is 5.32 Å². The molecule has 98 valence electrons. The van der Waals surface area contributed by atoms with Crippen molar-refractivity contribution in [2.75, 3.05) is 5.32 Å². The van der Waals surface area contributed by atoms with E-state index < -0.39 is 0 Å². The number of benzene rings is 2. The van der Waals surface area contributed by atoms with Crippen LogP contribution in [0.5, 0.6) is 0 Å². The number of carbonyl (C=O) groups excluding carboxylic acids is 1. The van der Waals surface area contributed by atoms with E-state index in [2.05, 4.69) is 26.6 Å². The third-order valence-electron chi connectivity index (χ3n) is 2.48. The highest BCUT2D eigenvalue weighted by Crippen LogP contribution is 2.25. The molecule has 2 N–H and O–H groups in total. The Balaban J connectivity index is 1.91. The van der Waals surface area contributed by atoms with E-state index in [0.717, 1.165) is 10.0 Å². The van der Waals surface area contributed by atoms with E-state index in [-0.39, 0.29) is 6.03 Å². The molecule has 3 nitrogen and oxygen atoms in total. The zero-order chi connectivity index (χ0) is 13.7. The molecule has 0 aliphatic carbocycles. The van der Waals surface area contributed by atoms with Gasteiger partial charge >= 0.3 is 6.03 Å². The summed E-state index contributed by atoms with van der Waals surface area (Å²) in [5, 5.41) is 6.15. The molecule has 0 spiro atoms. The van der Waals surface area contributed by atoms with Crippen molar-refractivity contribution in [3.05, 3.63) is 63.6 Å². The second kappa shape index (κ2) is 6.59. The largest absolute Gasteiger partial charge is 0.334 e. The van der Waals surface area contributed by atoms with Gasteiger partial charge in [-0.15, -0.1) is 0 Å². The summed E-state index contributed by atoms with van der Waals surface area (Å²) in [4.78, 5) is 11.7. The Labute approximate surface area is 125 Å². The molecule has 2 aromatic rings. The molecule has 0 saturated heterocycles. The fourth-order valence-corrected chi connectivity index (χ4v) is 2.32. The minimum Gasteiger partial charge on any atom is -0.334 e. The van der Waals surface area contributed by atoms with Gasteiger partial charge in [0.2, 0.25) is 0 Å². The number of rotatable bonds is 3. The van der Waals surface area contributed by atoms with Crippen molar-refractivity contribution in [2.24, 2.45) is 0 Å². The van der Waals surface area contributed by atoms with Gasteiger partial charge in [-0.1, -0.05) is 41.9 Å². The zero-order valence-corrected chi connectivity index (χ0v) is 12.3. The Kier molecular flexibility index (Phi) is 4.82. The standard InChI is InChI=1S/C14H12BrClN2O/c15-12-8-11(16)6-7-13(12)18-14(19)17-9-10-4-2-1-3-5-10/h1-8H,9H2,(H2,17,18,19). The van der Waals surface area contributed by atoms with E-state index in [1.807, 2.05) is 30.3 Å². The number of hydrogen-bond donors (Lipinski definition) is 2. The van der Waals surface area contributed by atoms with Crippen LogP contribution in [0.3, 0.4) is 0 Å². The maximum absolute atomic E-state index is 11.7. The zero-order valence-electron chi connectivity index (χ0n) is 9.99. The first-order chi connectivity index (χ1) is 9.15. The van der Waals surface area contributed by atoms with E-state index in [9.17, 15) is 4.79 Å². The number of halogens is 2. The average molecular weight is 340 g/mol. The first-order valence-electron chi connectivity index (χ1n) is 5.69. The summed E-state index contributed by atoms with van der Waals surface area (Å²) in [5.41, 5.74) is 1.72. The van der Waals surface area contributed by atoms with E-state index in [0.29, 0.717) is 17.3 Å². The molecular formula is C14H12BrClN2O. The summed E-state index contributed by atoms with van der Waals surface area (Å²) >= 11 is 9.18. The summed E-state index contributed by atoms with van der Waals surface area (Å²) in [6.45, 7) is 0.484. The van der Waals surface area contributed by atoms with Crippen molar-refractivity contribution in [2.45, 2.75) is 6.54 Å². The van der Waals surface area contributed by atoms with Gasteiger partial charge < -0.3 is 10.6 Å². The van der Waals surface area contributed by atoms with Crippen molar-refractivity contribution < 1.29 is 4.79 Å². The van der Waals surface area contributed by atoms with Gasteiger partial charge in [-0.2, -0.15) is 0 Å². The SMILES string of the molecule is O=C(NCc1ccccc1)Nc1ccc(Cl)cc1Br. The molecule has 0 atom stereocenters. The van der Waals surface area contributed by atoms with Gasteiger partial charge in [0.05, 0.1) is 5.69 Å². The normalized spacial score (nSPS) is 10.0. The smallest absolute Gasteiger partial charge is 0.319 e. The first kappa shape index (κ1) is 13.9. The van der Waals surface area contributed by atoms with Crippen LogP contribution >= 0.6 is 27.5 Å². The molecular weight excluding hydrogens is 328 g/mol. The van der Waals surface area contributed by atoms with Crippen LogP contribution in [0.25, 0.3) is 0 Å². The number of urea groups is 1. The van der Waals surface area contributed by atoms with Crippen LogP contribution in [0.4, 0.5) is 10.5 Å². The van der Waals surface area contributed by atoms with Crippen LogP contribution in [0.1, 0.15) is 5.56 Å². The molecule has 0 fully saturated rings. The second-order valence-corrected chi connectivity index (χ2v) is 5.21. The highest BCUT2D eigenvalue weighted by molar-refractivity contribution is 9.10. The van der Waals surface area contributed by atoms with Crippen molar-refractivity contribution in [1.29, 1.82) is 0 Å². The Morgan fingerprint density at radius 3 is 2.58 bits per heavy atom. The summed E-state index contributed by atoms with van der Waals surface area (Å²) in [6.07, 6.45) is 0. The van der Waals surface area contributed by atoms with Crippen LogP contribution in [-0.2, 0) is 6.54 Å². The topological polar surface area (TPSA) is 41.1 Å². The van der Waals surface area contributed by atoms with Crippen molar-refractivity contribution in [3.8, 4) is 0 Å². The van der Waals surface area contributed by atoms with Gasteiger partial charge in [-0.05, 0) is 39.7 Å². The summed E-state index contributed by atoms with van der Waals surface area (Å²) in [7, 11) is 0. The molecule has 5 heteroatoms. The Morgan fingerprint density at radius 1 is 1.16 bits per heavy atom. The van der Waals surface area contributed by atoms with Gasteiger partial charge in [0, 0.05) is 16.0 Å². The quantitative estimate of drug-likeness (QED) is 0.853. The molecule has 2 amide bonds. The lowest BCUT2D eigenvalue weighted by molar-refractivity contribution is 0.251. The third-order valence-corrected chi connectivity index (χ3v) is 3.37. The first-order valence-corrected chi connectivity index (χ1v) is 6.86. The summed E-state index contributed by atoms with van der Waals surface area (Å²) in [5.74, 6) is 0. The highest BCUT2D eigenvalue weighted by atomic mass is 79.9. The predicted octanol–water partition coefficient (Wildman–Crippen LogP) is 4.42. The second-order valence-electron chi connectivity index (χ2n) is 3.92. The van der Waals surface area contributed by atoms with Crippen LogP contribution in [0, 0.1) is 0 Å². The lowest BCUT2D eigenvalue weighted by atomic mass is 10.2. The van der Waals surface area contributed by atoms with E-state index in [1.165, 1.54) is 0 Å². The minimum absolute atomic E-state index is 0.258. The number of anilines is 1. The maximum atomic E-state index is 11.7. The highest BCUT2D eigenvalue weighted by Gasteiger charge is 2.05.